The van der Waals surface area contributed by atoms with Crippen molar-refractivity contribution < 1.29 is 4.42 Å². The Hall–Kier alpha value is -6.90. The fourth-order valence-electron chi connectivity index (χ4n) is 8.66. The lowest BCUT2D eigenvalue weighted by molar-refractivity contribution is 0.669. The van der Waals surface area contributed by atoms with Gasteiger partial charge >= 0.3 is 0 Å². The van der Waals surface area contributed by atoms with Gasteiger partial charge in [-0.3, -0.25) is 0 Å². The smallest absolute Gasteiger partial charge is 0.136 e. The first-order valence-corrected chi connectivity index (χ1v) is 17.9. The second-order valence-electron chi connectivity index (χ2n) is 13.6. The molecular formula is C50H31NO. The first-order valence-electron chi connectivity index (χ1n) is 17.9. The monoisotopic (exact) mass is 661 g/mol. The Morgan fingerprint density at radius 2 is 0.885 bits per heavy atom. The van der Waals surface area contributed by atoms with Gasteiger partial charge in [-0.25, -0.2) is 0 Å². The van der Waals surface area contributed by atoms with Crippen LogP contribution in [0.5, 0.6) is 0 Å². The van der Waals surface area contributed by atoms with Gasteiger partial charge < -0.3 is 8.98 Å². The minimum atomic E-state index is 0.887. The van der Waals surface area contributed by atoms with Gasteiger partial charge in [0.1, 0.15) is 11.2 Å². The molecule has 0 amide bonds. The fourth-order valence-corrected chi connectivity index (χ4v) is 8.66. The molecule has 0 aliphatic rings. The van der Waals surface area contributed by atoms with Gasteiger partial charge in [-0.15, -0.1) is 0 Å². The zero-order valence-corrected chi connectivity index (χ0v) is 28.3. The van der Waals surface area contributed by atoms with Crippen molar-refractivity contribution in [1.82, 2.24) is 4.57 Å². The normalized spacial score (nSPS) is 11.8. The maximum Gasteiger partial charge on any atom is 0.136 e. The molecule has 0 radical (unpaired) electrons. The van der Waals surface area contributed by atoms with Crippen LogP contribution >= 0.6 is 0 Å². The van der Waals surface area contributed by atoms with Gasteiger partial charge in [-0.05, 0) is 97.4 Å². The molecule has 0 aliphatic carbocycles. The topological polar surface area (TPSA) is 18.1 Å². The maximum atomic E-state index is 6.76. The molecule has 2 heterocycles. The molecule has 0 bridgehead atoms. The molecule has 2 aromatic heterocycles. The van der Waals surface area contributed by atoms with Gasteiger partial charge in [0.25, 0.3) is 0 Å². The van der Waals surface area contributed by atoms with Crippen LogP contribution in [0.1, 0.15) is 0 Å². The summed E-state index contributed by atoms with van der Waals surface area (Å²) in [4.78, 5) is 0. The third-order valence-corrected chi connectivity index (χ3v) is 10.8. The number of rotatable bonds is 4. The van der Waals surface area contributed by atoms with E-state index in [-0.39, 0.29) is 0 Å². The van der Waals surface area contributed by atoms with Crippen LogP contribution in [0.25, 0.3) is 104 Å². The van der Waals surface area contributed by atoms with Crippen molar-refractivity contribution in [2.75, 3.05) is 0 Å². The average Bonchev–Trinajstić information content (AvgIpc) is 3.76. The molecule has 0 fully saturated rings. The number of furan rings is 1. The van der Waals surface area contributed by atoms with Crippen molar-refractivity contribution in [3.63, 3.8) is 0 Å². The van der Waals surface area contributed by atoms with E-state index in [9.17, 15) is 0 Å². The summed E-state index contributed by atoms with van der Waals surface area (Å²) in [6.45, 7) is 0. The van der Waals surface area contributed by atoms with Crippen molar-refractivity contribution in [2.24, 2.45) is 0 Å². The Kier molecular flexibility index (Phi) is 6.28. The van der Waals surface area contributed by atoms with Crippen molar-refractivity contribution in [1.29, 1.82) is 0 Å². The van der Waals surface area contributed by atoms with E-state index in [4.69, 9.17) is 4.42 Å². The summed E-state index contributed by atoms with van der Waals surface area (Å²) in [7, 11) is 0. The van der Waals surface area contributed by atoms with E-state index in [1.165, 1.54) is 71.2 Å². The zero-order valence-electron chi connectivity index (χ0n) is 28.3. The molecule has 0 unspecified atom stereocenters. The van der Waals surface area contributed by atoms with Gasteiger partial charge in [0, 0.05) is 27.2 Å². The number of para-hydroxylation sites is 3. The lowest BCUT2D eigenvalue weighted by Crippen LogP contribution is -1.93. The summed E-state index contributed by atoms with van der Waals surface area (Å²) in [5.41, 5.74) is 12.5. The molecule has 0 atom stereocenters. The lowest BCUT2D eigenvalue weighted by atomic mass is 9.84. The van der Waals surface area contributed by atoms with E-state index >= 15 is 0 Å². The Morgan fingerprint density at radius 3 is 1.60 bits per heavy atom. The number of hydrogen-bond donors (Lipinski definition) is 0. The van der Waals surface area contributed by atoms with Crippen LogP contribution in [-0.2, 0) is 0 Å². The van der Waals surface area contributed by atoms with Crippen LogP contribution in [-0.4, -0.2) is 4.57 Å². The van der Waals surface area contributed by atoms with Gasteiger partial charge in [-0.1, -0.05) is 146 Å². The van der Waals surface area contributed by atoms with Gasteiger partial charge in [0.15, 0.2) is 0 Å². The molecule has 0 saturated carbocycles. The first kappa shape index (κ1) is 28.9. The van der Waals surface area contributed by atoms with Crippen LogP contribution in [0.3, 0.4) is 0 Å². The highest BCUT2D eigenvalue weighted by Gasteiger charge is 2.23. The SMILES string of the molecule is c1ccc(-c2c3ccccc3c(-c3cc(-c4cccc5c4c4ccccc4n5-c4ccccc4)cc4oc5ccccc5c34)c3ccccc23)cc1. The molecule has 0 saturated heterocycles. The zero-order chi connectivity index (χ0) is 34.2. The van der Waals surface area contributed by atoms with Crippen molar-refractivity contribution in [3.8, 4) is 39.1 Å². The van der Waals surface area contributed by atoms with Gasteiger partial charge in [0.2, 0.25) is 0 Å². The molecule has 0 N–H and O–H groups in total. The lowest BCUT2D eigenvalue weighted by Gasteiger charge is -2.19. The van der Waals surface area contributed by atoms with E-state index in [0.717, 1.165) is 33.2 Å². The molecule has 11 aromatic rings. The highest BCUT2D eigenvalue weighted by molar-refractivity contribution is 6.26. The Labute approximate surface area is 300 Å². The maximum absolute atomic E-state index is 6.76. The molecule has 0 spiro atoms. The summed E-state index contributed by atoms with van der Waals surface area (Å²) in [5.74, 6) is 0. The van der Waals surface area contributed by atoms with E-state index < -0.39 is 0 Å². The minimum absolute atomic E-state index is 0.887. The van der Waals surface area contributed by atoms with Crippen LogP contribution in [0.4, 0.5) is 0 Å². The van der Waals surface area contributed by atoms with E-state index in [1.807, 2.05) is 0 Å². The summed E-state index contributed by atoms with van der Waals surface area (Å²) in [5, 5.41) is 9.65. The predicted octanol–water partition coefficient (Wildman–Crippen LogP) is 14.0. The first-order chi connectivity index (χ1) is 25.8. The highest BCUT2D eigenvalue weighted by atomic mass is 16.3. The molecular weight excluding hydrogens is 631 g/mol. The Balaban J connectivity index is 1.29. The van der Waals surface area contributed by atoms with Crippen molar-refractivity contribution in [2.45, 2.75) is 0 Å². The van der Waals surface area contributed by atoms with E-state index in [1.54, 1.807) is 0 Å². The number of hydrogen-bond acceptors (Lipinski definition) is 1. The number of fused-ring (bicyclic) bond motifs is 8. The number of nitrogens with zero attached hydrogens (tertiary/aromatic N) is 1. The van der Waals surface area contributed by atoms with E-state index in [2.05, 4.69) is 193 Å². The molecule has 11 rings (SSSR count). The Bertz CT molecular complexity index is 3110. The largest absolute Gasteiger partial charge is 0.456 e. The van der Waals surface area contributed by atoms with Gasteiger partial charge in [-0.2, -0.15) is 0 Å². The third kappa shape index (κ3) is 4.19. The molecule has 52 heavy (non-hydrogen) atoms. The second kappa shape index (κ2) is 11.3. The summed E-state index contributed by atoms with van der Waals surface area (Å²) >= 11 is 0. The average molecular weight is 662 g/mol. The molecule has 2 heteroatoms. The predicted molar refractivity (Wildman–Crippen MR) is 219 cm³/mol. The quantitative estimate of drug-likeness (QED) is 0.172. The van der Waals surface area contributed by atoms with Crippen LogP contribution in [0, 0.1) is 0 Å². The third-order valence-electron chi connectivity index (χ3n) is 10.8. The molecule has 0 aliphatic heterocycles. The van der Waals surface area contributed by atoms with Crippen LogP contribution in [0.15, 0.2) is 192 Å². The van der Waals surface area contributed by atoms with Crippen molar-refractivity contribution >= 4 is 65.3 Å². The molecule has 2 nitrogen and oxygen atoms in total. The summed E-state index contributed by atoms with van der Waals surface area (Å²) < 4.78 is 9.15. The second-order valence-corrected chi connectivity index (χ2v) is 13.6. The van der Waals surface area contributed by atoms with Gasteiger partial charge in [0.05, 0.1) is 11.0 Å². The number of aromatic nitrogens is 1. The summed E-state index contributed by atoms with van der Waals surface area (Å²) in [6.07, 6.45) is 0. The number of benzene rings is 9. The van der Waals surface area contributed by atoms with Crippen molar-refractivity contribution in [3.05, 3.63) is 188 Å². The van der Waals surface area contributed by atoms with Crippen LogP contribution in [0.2, 0.25) is 0 Å². The standard InChI is InChI=1S/C50H31NO/c1-3-16-32(17-4-1)47-36-20-7-9-22-38(36)48(39-23-10-8-21-37(39)47)42-30-33(31-46-50(42)41-25-12-14-29-45(41)52-46)35-26-15-28-44-49(35)40-24-11-13-27-43(40)51(44)34-18-5-2-6-19-34/h1-31H. The highest BCUT2D eigenvalue weighted by Crippen LogP contribution is 2.49. The Morgan fingerprint density at radius 1 is 0.327 bits per heavy atom. The molecule has 242 valence electrons. The summed E-state index contributed by atoms with van der Waals surface area (Å²) in [6, 6.07) is 67.9. The fraction of sp³-hybridized carbons (Fsp3) is 0. The molecule has 9 aromatic carbocycles. The minimum Gasteiger partial charge on any atom is -0.456 e. The van der Waals surface area contributed by atoms with Crippen LogP contribution < -0.4 is 0 Å². The van der Waals surface area contributed by atoms with E-state index in [0.29, 0.717) is 0 Å².